The predicted octanol–water partition coefficient (Wildman–Crippen LogP) is 1.43. The molecule has 1 spiro atoms. The van der Waals surface area contributed by atoms with Crippen LogP contribution < -0.4 is 10.6 Å². The lowest BCUT2D eigenvalue weighted by atomic mass is 9.86. The second kappa shape index (κ2) is 4.57. The first kappa shape index (κ1) is 12.0. The number of carbonyl (C=O) groups is 2. The molecule has 5 nitrogen and oxygen atoms in total. The van der Waals surface area contributed by atoms with Gasteiger partial charge in [-0.15, -0.1) is 0 Å². The van der Waals surface area contributed by atoms with E-state index in [1.807, 2.05) is 30.3 Å². The van der Waals surface area contributed by atoms with Crippen LogP contribution in [0.4, 0.5) is 10.5 Å². The summed E-state index contributed by atoms with van der Waals surface area (Å²) in [5.41, 5.74) is 0.763. The highest BCUT2D eigenvalue weighted by atomic mass is 16.2. The molecular weight excluding hydrogens is 242 g/mol. The number of nitrogens with zero attached hydrogens (tertiary/aromatic N) is 1. The molecule has 2 heterocycles. The molecule has 2 aliphatic heterocycles. The van der Waals surface area contributed by atoms with Crippen molar-refractivity contribution in [3.8, 4) is 0 Å². The second-order valence-corrected chi connectivity index (χ2v) is 5.42. The molecule has 5 heteroatoms. The number of likely N-dealkylation sites (tertiary alicyclic amines) is 1. The fraction of sp³-hybridized carbons (Fsp3) is 0.429. The smallest absolute Gasteiger partial charge is 0.321 e. The van der Waals surface area contributed by atoms with E-state index in [0.29, 0.717) is 26.1 Å². The maximum absolute atomic E-state index is 12.1. The van der Waals surface area contributed by atoms with Crippen molar-refractivity contribution in [2.75, 3.05) is 25.0 Å². The van der Waals surface area contributed by atoms with Crippen molar-refractivity contribution in [3.05, 3.63) is 30.3 Å². The van der Waals surface area contributed by atoms with E-state index in [2.05, 4.69) is 10.6 Å². The third kappa shape index (κ3) is 2.41. The van der Waals surface area contributed by atoms with Crippen LogP contribution in [-0.4, -0.2) is 36.5 Å². The Kier molecular flexibility index (Phi) is 2.89. The standard InChI is InChI=1S/C14H17N3O2/c18-12-8-14(9-15-12)6-7-17(10-14)13(19)16-11-4-2-1-3-5-11/h1-5H,6-10H2,(H,15,18)(H,16,19). The molecule has 2 aliphatic rings. The molecular formula is C14H17N3O2. The molecule has 19 heavy (non-hydrogen) atoms. The predicted molar refractivity (Wildman–Crippen MR) is 71.7 cm³/mol. The quantitative estimate of drug-likeness (QED) is 0.801. The molecule has 0 aliphatic carbocycles. The molecule has 0 bridgehead atoms. The summed E-state index contributed by atoms with van der Waals surface area (Å²) in [7, 11) is 0. The zero-order chi connectivity index (χ0) is 13.3. The van der Waals surface area contributed by atoms with Crippen LogP contribution >= 0.6 is 0 Å². The third-order valence-corrected chi connectivity index (χ3v) is 3.95. The van der Waals surface area contributed by atoms with Crippen LogP contribution in [0.3, 0.4) is 0 Å². The van der Waals surface area contributed by atoms with Gasteiger partial charge >= 0.3 is 6.03 Å². The van der Waals surface area contributed by atoms with Crippen molar-refractivity contribution in [2.45, 2.75) is 12.8 Å². The van der Waals surface area contributed by atoms with Crippen LogP contribution in [-0.2, 0) is 4.79 Å². The van der Waals surface area contributed by atoms with Crippen molar-refractivity contribution in [2.24, 2.45) is 5.41 Å². The molecule has 0 saturated carbocycles. The van der Waals surface area contributed by atoms with Crippen molar-refractivity contribution in [1.82, 2.24) is 10.2 Å². The maximum atomic E-state index is 12.1. The third-order valence-electron chi connectivity index (χ3n) is 3.95. The minimum absolute atomic E-state index is 0.0366. The Morgan fingerprint density at radius 2 is 2.11 bits per heavy atom. The summed E-state index contributed by atoms with van der Waals surface area (Å²) < 4.78 is 0. The first-order valence-corrected chi connectivity index (χ1v) is 6.55. The van der Waals surface area contributed by atoms with E-state index >= 15 is 0 Å². The topological polar surface area (TPSA) is 61.4 Å². The monoisotopic (exact) mass is 259 g/mol. The van der Waals surface area contributed by atoms with Crippen LogP contribution in [0.25, 0.3) is 0 Å². The Hall–Kier alpha value is -2.04. The van der Waals surface area contributed by atoms with Crippen molar-refractivity contribution < 1.29 is 9.59 Å². The van der Waals surface area contributed by atoms with Gasteiger partial charge in [0.25, 0.3) is 0 Å². The molecule has 0 radical (unpaired) electrons. The highest BCUT2D eigenvalue weighted by Gasteiger charge is 2.45. The van der Waals surface area contributed by atoms with Gasteiger partial charge in [-0.3, -0.25) is 4.79 Å². The molecule has 1 aromatic carbocycles. The zero-order valence-corrected chi connectivity index (χ0v) is 10.7. The lowest BCUT2D eigenvalue weighted by molar-refractivity contribution is -0.119. The number of nitrogens with one attached hydrogen (secondary N) is 2. The Bertz CT molecular complexity index is 503. The summed E-state index contributed by atoms with van der Waals surface area (Å²) in [6, 6.07) is 9.34. The highest BCUT2D eigenvalue weighted by Crippen LogP contribution is 2.36. The first-order valence-electron chi connectivity index (χ1n) is 6.55. The summed E-state index contributed by atoms with van der Waals surface area (Å²) in [5, 5.41) is 5.75. The van der Waals surface area contributed by atoms with Gasteiger partial charge in [0, 0.05) is 37.2 Å². The zero-order valence-electron chi connectivity index (χ0n) is 10.7. The van der Waals surface area contributed by atoms with Gasteiger partial charge in [-0.1, -0.05) is 18.2 Å². The summed E-state index contributed by atoms with van der Waals surface area (Å²) in [6.45, 7) is 2.07. The Morgan fingerprint density at radius 3 is 2.79 bits per heavy atom. The molecule has 2 N–H and O–H groups in total. The molecule has 1 atom stereocenters. The Morgan fingerprint density at radius 1 is 1.32 bits per heavy atom. The molecule has 0 aromatic heterocycles. The minimum atomic E-state index is -0.0811. The number of amides is 3. The number of urea groups is 1. The van der Waals surface area contributed by atoms with E-state index in [4.69, 9.17) is 0 Å². The molecule has 2 fully saturated rings. The summed E-state index contributed by atoms with van der Waals surface area (Å²) in [5.74, 6) is 0.102. The lowest BCUT2D eigenvalue weighted by Gasteiger charge is -2.22. The van der Waals surface area contributed by atoms with Gasteiger partial charge in [-0.05, 0) is 18.6 Å². The molecule has 1 aromatic rings. The summed E-state index contributed by atoms with van der Waals surface area (Å²) in [6.07, 6.45) is 1.44. The average Bonchev–Trinajstić information content (AvgIpc) is 2.98. The van der Waals surface area contributed by atoms with Crippen LogP contribution in [0.15, 0.2) is 30.3 Å². The molecule has 2 saturated heterocycles. The first-order chi connectivity index (χ1) is 9.17. The van der Waals surface area contributed by atoms with Gasteiger partial charge in [-0.2, -0.15) is 0 Å². The number of carbonyl (C=O) groups excluding carboxylic acids is 2. The van der Waals surface area contributed by atoms with Crippen molar-refractivity contribution in [1.29, 1.82) is 0 Å². The maximum Gasteiger partial charge on any atom is 0.321 e. The number of rotatable bonds is 1. The van der Waals surface area contributed by atoms with Crippen LogP contribution in [0, 0.1) is 5.41 Å². The summed E-state index contributed by atoms with van der Waals surface area (Å²) in [4.78, 5) is 25.3. The van der Waals surface area contributed by atoms with Crippen molar-refractivity contribution in [3.63, 3.8) is 0 Å². The van der Waals surface area contributed by atoms with E-state index in [1.54, 1.807) is 4.90 Å². The van der Waals surface area contributed by atoms with Gasteiger partial charge in [0.15, 0.2) is 0 Å². The van der Waals surface area contributed by atoms with Crippen LogP contribution in [0.1, 0.15) is 12.8 Å². The number of anilines is 1. The van der Waals surface area contributed by atoms with E-state index in [1.165, 1.54) is 0 Å². The normalized spacial score (nSPS) is 25.7. The van der Waals surface area contributed by atoms with E-state index < -0.39 is 0 Å². The SMILES string of the molecule is O=C1CC2(CCN(C(=O)Nc3ccccc3)C2)CN1. The van der Waals surface area contributed by atoms with Crippen LogP contribution in [0.2, 0.25) is 0 Å². The molecule has 1 unspecified atom stereocenters. The summed E-state index contributed by atoms with van der Waals surface area (Å²) >= 11 is 0. The van der Waals surface area contributed by atoms with E-state index in [-0.39, 0.29) is 17.4 Å². The van der Waals surface area contributed by atoms with E-state index in [9.17, 15) is 9.59 Å². The fourth-order valence-corrected chi connectivity index (χ4v) is 2.87. The Balaban J connectivity index is 1.62. The largest absolute Gasteiger partial charge is 0.355 e. The molecule has 3 amide bonds. The number of hydrogen-bond donors (Lipinski definition) is 2. The van der Waals surface area contributed by atoms with Crippen molar-refractivity contribution >= 4 is 17.6 Å². The number of para-hydroxylation sites is 1. The fourth-order valence-electron chi connectivity index (χ4n) is 2.87. The highest BCUT2D eigenvalue weighted by molar-refractivity contribution is 5.89. The van der Waals surface area contributed by atoms with E-state index in [0.717, 1.165) is 12.1 Å². The average molecular weight is 259 g/mol. The van der Waals surface area contributed by atoms with Crippen LogP contribution in [0.5, 0.6) is 0 Å². The number of hydrogen-bond acceptors (Lipinski definition) is 2. The van der Waals surface area contributed by atoms with Gasteiger partial charge in [0.1, 0.15) is 0 Å². The van der Waals surface area contributed by atoms with Gasteiger partial charge in [0.2, 0.25) is 5.91 Å². The number of benzene rings is 1. The van der Waals surface area contributed by atoms with Gasteiger partial charge in [-0.25, -0.2) is 4.79 Å². The minimum Gasteiger partial charge on any atom is -0.355 e. The lowest BCUT2D eigenvalue weighted by Crippen LogP contribution is -2.36. The Labute approximate surface area is 112 Å². The van der Waals surface area contributed by atoms with Gasteiger partial charge < -0.3 is 15.5 Å². The van der Waals surface area contributed by atoms with Gasteiger partial charge in [0.05, 0.1) is 0 Å². The molecule has 100 valence electrons. The molecule has 3 rings (SSSR count). The second-order valence-electron chi connectivity index (χ2n) is 5.42.